The third-order valence-corrected chi connectivity index (χ3v) is 2.84. The molecule has 0 aliphatic heterocycles. The summed E-state index contributed by atoms with van der Waals surface area (Å²) in [6, 6.07) is 18.3. The van der Waals surface area contributed by atoms with Gasteiger partial charge in [0.2, 0.25) is 0 Å². The molecule has 3 aromatic rings. The maximum Gasteiger partial charge on any atom is 0.145 e. The molecule has 18 heavy (non-hydrogen) atoms. The molecule has 0 unspecified atom stereocenters. The summed E-state index contributed by atoms with van der Waals surface area (Å²) in [5.74, 6) is 1.68. The SMILES string of the molecule is Cc1ccc(C=Nc2ccc3ccccc3c2)o1. The predicted octanol–water partition coefficient (Wildman–Crippen LogP) is 4.49. The molecule has 3 rings (SSSR count). The number of aryl methyl sites for hydroxylation is 1. The van der Waals surface area contributed by atoms with Crippen LogP contribution in [-0.4, -0.2) is 6.21 Å². The van der Waals surface area contributed by atoms with Gasteiger partial charge in [-0.15, -0.1) is 0 Å². The zero-order valence-corrected chi connectivity index (χ0v) is 10.1. The molecule has 2 nitrogen and oxygen atoms in total. The average molecular weight is 235 g/mol. The van der Waals surface area contributed by atoms with Crippen molar-refractivity contribution < 1.29 is 4.42 Å². The van der Waals surface area contributed by atoms with Gasteiger partial charge in [-0.05, 0) is 42.0 Å². The fourth-order valence-corrected chi connectivity index (χ4v) is 1.92. The lowest BCUT2D eigenvalue weighted by atomic mass is 10.1. The molecule has 0 saturated carbocycles. The van der Waals surface area contributed by atoms with Crippen LogP contribution in [0.1, 0.15) is 11.5 Å². The van der Waals surface area contributed by atoms with Gasteiger partial charge in [0.25, 0.3) is 0 Å². The number of aliphatic imine (C=N–C) groups is 1. The van der Waals surface area contributed by atoms with Gasteiger partial charge < -0.3 is 4.42 Å². The highest BCUT2D eigenvalue weighted by molar-refractivity contribution is 5.86. The van der Waals surface area contributed by atoms with Crippen molar-refractivity contribution in [3.63, 3.8) is 0 Å². The van der Waals surface area contributed by atoms with Crippen molar-refractivity contribution in [2.75, 3.05) is 0 Å². The molecule has 0 N–H and O–H groups in total. The summed E-state index contributed by atoms with van der Waals surface area (Å²) in [4.78, 5) is 4.42. The smallest absolute Gasteiger partial charge is 0.145 e. The summed E-state index contributed by atoms with van der Waals surface area (Å²) in [7, 11) is 0. The molecule has 2 aromatic carbocycles. The zero-order valence-electron chi connectivity index (χ0n) is 10.1. The first kappa shape index (κ1) is 10.8. The summed E-state index contributed by atoms with van der Waals surface area (Å²) >= 11 is 0. The molecule has 0 saturated heterocycles. The first-order valence-corrected chi connectivity index (χ1v) is 5.90. The first-order chi connectivity index (χ1) is 8.81. The van der Waals surface area contributed by atoms with E-state index < -0.39 is 0 Å². The second-order valence-electron chi connectivity index (χ2n) is 4.24. The molecule has 1 heterocycles. The fraction of sp³-hybridized carbons (Fsp3) is 0.0625. The lowest BCUT2D eigenvalue weighted by Gasteiger charge is -1.98. The van der Waals surface area contributed by atoms with Gasteiger partial charge in [0.1, 0.15) is 11.5 Å². The van der Waals surface area contributed by atoms with Gasteiger partial charge in [-0.25, -0.2) is 0 Å². The molecule has 0 aliphatic carbocycles. The van der Waals surface area contributed by atoms with Gasteiger partial charge in [-0.2, -0.15) is 0 Å². The Bertz CT molecular complexity index is 710. The summed E-state index contributed by atoms with van der Waals surface area (Å²) in [6.45, 7) is 1.92. The number of hydrogen-bond acceptors (Lipinski definition) is 2. The largest absolute Gasteiger partial charge is 0.460 e. The van der Waals surface area contributed by atoms with E-state index in [1.807, 2.05) is 37.3 Å². The molecular weight excluding hydrogens is 222 g/mol. The van der Waals surface area contributed by atoms with Crippen LogP contribution in [0.2, 0.25) is 0 Å². The minimum Gasteiger partial charge on any atom is -0.460 e. The van der Waals surface area contributed by atoms with E-state index >= 15 is 0 Å². The monoisotopic (exact) mass is 235 g/mol. The van der Waals surface area contributed by atoms with Gasteiger partial charge in [-0.3, -0.25) is 4.99 Å². The van der Waals surface area contributed by atoms with Gasteiger partial charge >= 0.3 is 0 Å². The Balaban J connectivity index is 1.93. The first-order valence-electron chi connectivity index (χ1n) is 5.90. The summed E-state index contributed by atoms with van der Waals surface area (Å²) < 4.78 is 5.44. The minimum absolute atomic E-state index is 0.778. The highest BCUT2D eigenvalue weighted by Crippen LogP contribution is 2.21. The summed E-state index contributed by atoms with van der Waals surface area (Å²) in [6.07, 6.45) is 1.75. The van der Waals surface area contributed by atoms with Crippen LogP contribution in [0.3, 0.4) is 0 Å². The molecule has 0 radical (unpaired) electrons. The van der Waals surface area contributed by atoms with E-state index in [0.29, 0.717) is 0 Å². The van der Waals surface area contributed by atoms with Crippen LogP contribution >= 0.6 is 0 Å². The summed E-state index contributed by atoms with van der Waals surface area (Å²) in [5, 5.41) is 2.42. The Hall–Kier alpha value is -2.35. The van der Waals surface area contributed by atoms with Gasteiger partial charge in [0.15, 0.2) is 0 Å². The third kappa shape index (κ3) is 2.18. The fourth-order valence-electron chi connectivity index (χ4n) is 1.92. The predicted molar refractivity (Wildman–Crippen MR) is 74.6 cm³/mol. The maximum atomic E-state index is 5.44. The van der Waals surface area contributed by atoms with Crippen LogP contribution in [0.15, 0.2) is 64.0 Å². The topological polar surface area (TPSA) is 25.5 Å². The van der Waals surface area contributed by atoms with E-state index in [4.69, 9.17) is 4.42 Å². The number of fused-ring (bicyclic) bond motifs is 1. The Morgan fingerprint density at radius 2 is 1.78 bits per heavy atom. The van der Waals surface area contributed by atoms with Crippen LogP contribution < -0.4 is 0 Å². The molecule has 0 aliphatic rings. The van der Waals surface area contributed by atoms with Crippen LogP contribution in [0.5, 0.6) is 0 Å². The highest BCUT2D eigenvalue weighted by atomic mass is 16.3. The van der Waals surface area contributed by atoms with Crippen molar-refractivity contribution in [1.82, 2.24) is 0 Å². The summed E-state index contributed by atoms with van der Waals surface area (Å²) in [5.41, 5.74) is 0.933. The zero-order chi connectivity index (χ0) is 12.4. The Kier molecular flexibility index (Phi) is 2.69. The van der Waals surface area contributed by atoms with Crippen molar-refractivity contribution in [3.8, 4) is 0 Å². The normalized spacial score (nSPS) is 11.4. The lowest BCUT2D eigenvalue weighted by molar-refractivity contribution is 0.528. The molecule has 0 bridgehead atoms. The average Bonchev–Trinajstić information content (AvgIpc) is 2.82. The van der Waals surface area contributed by atoms with Crippen molar-refractivity contribution >= 4 is 22.7 Å². The van der Waals surface area contributed by atoms with E-state index in [-0.39, 0.29) is 0 Å². The second kappa shape index (κ2) is 4.49. The quantitative estimate of drug-likeness (QED) is 0.601. The van der Waals surface area contributed by atoms with E-state index in [9.17, 15) is 0 Å². The number of nitrogens with zero attached hydrogens (tertiary/aromatic N) is 1. The van der Waals surface area contributed by atoms with E-state index in [1.54, 1.807) is 6.21 Å². The second-order valence-corrected chi connectivity index (χ2v) is 4.24. The van der Waals surface area contributed by atoms with Crippen molar-refractivity contribution in [3.05, 3.63) is 66.1 Å². The van der Waals surface area contributed by atoms with Crippen molar-refractivity contribution in [2.45, 2.75) is 6.92 Å². The van der Waals surface area contributed by atoms with Crippen molar-refractivity contribution in [2.24, 2.45) is 4.99 Å². The number of furan rings is 1. The Morgan fingerprint density at radius 1 is 0.944 bits per heavy atom. The molecular formula is C16H13NO. The van der Waals surface area contributed by atoms with Crippen LogP contribution in [0, 0.1) is 6.92 Å². The molecule has 1 aromatic heterocycles. The van der Waals surface area contributed by atoms with E-state index in [1.165, 1.54) is 10.8 Å². The Morgan fingerprint density at radius 3 is 2.56 bits per heavy atom. The molecule has 0 fully saturated rings. The number of benzene rings is 2. The molecule has 0 spiro atoms. The maximum absolute atomic E-state index is 5.44. The molecule has 2 heteroatoms. The highest BCUT2D eigenvalue weighted by Gasteiger charge is 1.96. The number of hydrogen-bond donors (Lipinski definition) is 0. The molecule has 0 atom stereocenters. The lowest BCUT2D eigenvalue weighted by Crippen LogP contribution is -1.75. The standard InChI is InChI=1S/C16H13NO/c1-12-6-9-16(18-12)11-17-15-8-7-13-4-2-3-5-14(13)10-15/h2-11H,1H3. The Labute approximate surface area is 106 Å². The van der Waals surface area contributed by atoms with Gasteiger partial charge in [-0.1, -0.05) is 30.3 Å². The van der Waals surface area contributed by atoms with E-state index in [2.05, 4.69) is 29.3 Å². The van der Waals surface area contributed by atoms with Crippen LogP contribution in [0.4, 0.5) is 5.69 Å². The minimum atomic E-state index is 0.778. The molecule has 88 valence electrons. The van der Waals surface area contributed by atoms with Gasteiger partial charge in [0.05, 0.1) is 11.9 Å². The van der Waals surface area contributed by atoms with Crippen LogP contribution in [-0.2, 0) is 0 Å². The number of rotatable bonds is 2. The third-order valence-electron chi connectivity index (χ3n) is 2.84. The van der Waals surface area contributed by atoms with Crippen molar-refractivity contribution in [1.29, 1.82) is 0 Å². The van der Waals surface area contributed by atoms with Crippen LogP contribution in [0.25, 0.3) is 10.8 Å². The molecule has 0 amide bonds. The van der Waals surface area contributed by atoms with Gasteiger partial charge in [0, 0.05) is 0 Å². The van der Waals surface area contributed by atoms with E-state index in [0.717, 1.165) is 17.2 Å².